The van der Waals surface area contributed by atoms with Gasteiger partial charge in [0.1, 0.15) is 12.3 Å². The maximum Gasteiger partial charge on any atom is 0.312 e. The maximum absolute atomic E-state index is 12.4. The first-order valence-corrected chi connectivity index (χ1v) is 9.49. The van der Waals surface area contributed by atoms with Gasteiger partial charge in [-0.25, -0.2) is 0 Å². The molecular weight excluding hydrogens is 370 g/mol. The molecule has 7 heteroatoms. The Bertz CT molecular complexity index is 878. The van der Waals surface area contributed by atoms with Gasteiger partial charge in [-0.2, -0.15) is 0 Å². The Labute approximate surface area is 170 Å². The zero-order valence-corrected chi connectivity index (χ0v) is 16.7. The molecule has 0 radical (unpaired) electrons. The number of amides is 3. The summed E-state index contributed by atoms with van der Waals surface area (Å²) in [6, 6.07) is 15.2. The standard InChI is InChI=1S/C22H25N3O4/c1-16-3-5-18(6-4-16)14-24-11-12-25(22(28)21(24)27)15-20(26)23-13-17-7-9-19(29-2)10-8-17/h3-10H,11-15H2,1-2H3,(H,23,26). The summed E-state index contributed by atoms with van der Waals surface area (Å²) in [5, 5.41) is 2.78. The van der Waals surface area contributed by atoms with Gasteiger partial charge in [-0.05, 0) is 30.2 Å². The minimum Gasteiger partial charge on any atom is -0.497 e. The second-order valence-corrected chi connectivity index (χ2v) is 7.06. The predicted molar refractivity (Wildman–Crippen MR) is 108 cm³/mol. The highest BCUT2D eigenvalue weighted by atomic mass is 16.5. The largest absolute Gasteiger partial charge is 0.497 e. The zero-order valence-electron chi connectivity index (χ0n) is 16.7. The first-order valence-electron chi connectivity index (χ1n) is 9.49. The van der Waals surface area contributed by atoms with Crippen LogP contribution in [0.4, 0.5) is 0 Å². The summed E-state index contributed by atoms with van der Waals surface area (Å²) >= 11 is 0. The molecule has 1 aliphatic rings. The summed E-state index contributed by atoms with van der Waals surface area (Å²) in [7, 11) is 1.59. The smallest absolute Gasteiger partial charge is 0.312 e. The van der Waals surface area contributed by atoms with E-state index in [2.05, 4.69) is 5.32 Å². The van der Waals surface area contributed by atoms with Crippen molar-refractivity contribution in [3.05, 3.63) is 65.2 Å². The van der Waals surface area contributed by atoms with Crippen LogP contribution in [0.25, 0.3) is 0 Å². The van der Waals surface area contributed by atoms with E-state index in [1.54, 1.807) is 7.11 Å². The van der Waals surface area contributed by atoms with E-state index < -0.39 is 11.8 Å². The summed E-state index contributed by atoms with van der Waals surface area (Å²) in [6.45, 7) is 3.35. The zero-order chi connectivity index (χ0) is 20.8. The van der Waals surface area contributed by atoms with E-state index in [1.807, 2.05) is 55.5 Å². The van der Waals surface area contributed by atoms with Crippen LogP contribution in [0.15, 0.2) is 48.5 Å². The number of ether oxygens (including phenoxy) is 1. The fourth-order valence-electron chi connectivity index (χ4n) is 3.10. The van der Waals surface area contributed by atoms with Crippen molar-refractivity contribution in [2.24, 2.45) is 0 Å². The van der Waals surface area contributed by atoms with Crippen LogP contribution < -0.4 is 10.1 Å². The van der Waals surface area contributed by atoms with Crippen LogP contribution in [-0.2, 0) is 27.5 Å². The van der Waals surface area contributed by atoms with E-state index in [9.17, 15) is 14.4 Å². The lowest BCUT2D eigenvalue weighted by atomic mass is 10.1. The lowest BCUT2D eigenvalue weighted by molar-refractivity contribution is -0.157. The Morgan fingerprint density at radius 3 is 2.17 bits per heavy atom. The van der Waals surface area contributed by atoms with Gasteiger partial charge in [0.2, 0.25) is 5.91 Å². The minimum atomic E-state index is -0.636. The average molecular weight is 395 g/mol. The molecule has 0 saturated carbocycles. The average Bonchev–Trinajstić information content (AvgIpc) is 2.74. The summed E-state index contributed by atoms with van der Waals surface area (Å²) in [6.07, 6.45) is 0. The third-order valence-electron chi connectivity index (χ3n) is 4.87. The second-order valence-electron chi connectivity index (χ2n) is 7.06. The number of carbonyl (C=O) groups excluding carboxylic acids is 3. The predicted octanol–water partition coefficient (Wildman–Crippen LogP) is 1.49. The number of piperazine rings is 1. The third-order valence-corrected chi connectivity index (χ3v) is 4.87. The summed E-state index contributed by atoms with van der Waals surface area (Å²) in [5.74, 6) is -0.760. The highest BCUT2D eigenvalue weighted by Crippen LogP contribution is 2.13. The molecule has 1 fully saturated rings. The molecule has 1 N–H and O–H groups in total. The Morgan fingerprint density at radius 1 is 0.931 bits per heavy atom. The van der Waals surface area contributed by atoms with Gasteiger partial charge in [0, 0.05) is 26.2 Å². The molecule has 0 spiro atoms. The Kier molecular flexibility index (Phi) is 6.49. The number of nitrogens with zero attached hydrogens (tertiary/aromatic N) is 2. The summed E-state index contributed by atoms with van der Waals surface area (Å²) < 4.78 is 5.10. The van der Waals surface area contributed by atoms with Crippen molar-refractivity contribution >= 4 is 17.7 Å². The quantitative estimate of drug-likeness (QED) is 0.721. The SMILES string of the molecule is COc1ccc(CNC(=O)CN2CCN(Cc3ccc(C)cc3)C(=O)C2=O)cc1. The van der Waals surface area contributed by atoms with Gasteiger partial charge in [-0.3, -0.25) is 14.4 Å². The fourth-order valence-corrected chi connectivity index (χ4v) is 3.10. The van der Waals surface area contributed by atoms with Crippen molar-refractivity contribution in [1.29, 1.82) is 0 Å². The molecule has 2 aromatic carbocycles. The van der Waals surface area contributed by atoms with Crippen molar-refractivity contribution in [3.63, 3.8) is 0 Å². The number of hydrogen-bond donors (Lipinski definition) is 1. The van der Waals surface area contributed by atoms with Crippen molar-refractivity contribution in [3.8, 4) is 5.75 Å². The number of carbonyl (C=O) groups is 3. The highest BCUT2D eigenvalue weighted by Gasteiger charge is 2.33. The molecule has 3 amide bonds. The van der Waals surface area contributed by atoms with Gasteiger partial charge in [-0.1, -0.05) is 42.0 Å². The van der Waals surface area contributed by atoms with E-state index in [0.717, 1.165) is 22.4 Å². The topological polar surface area (TPSA) is 79.0 Å². The molecular formula is C22H25N3O4. The number of methoxy groups -OCH3 is 1. The van der Waals surface area contributed by atoms with Gasteiger partial charge in [0.25, 0.3) is 0 Å². The third kappa shape index (κ3) is 5.34. The van der Waals surface area contributed by atoms with E-state index in [4.69, 9.17) is 4.74 Å². The van der Waals surface area contributed by atoms with Gasteiger partial charge >= 0.3 is 11.8 Å². The molecule has 1 aliphatic heterocycles. The molecule has 0 atom stereocenters. The second kappa shape index (κ2) is 9.23. The first-order chi connectivity index (χ1) is 14.0. The number of hydrogen-bond acceptors (Lipinski definition) is 4. The molecule has 0 aromatic heterocycles. The number of nitrogens with one attached hydrogen (secondary N) is 1. The normalized spacial score (nSPS) is 14.1. The van der Waals surface area contributed by atoms with E-state index in [1.165, 1.54) is 9.80 Å². The monoisotopic (exact) mass is 395 g/mol. The highest BCUT2D eigenvalue weighted by molar-refractivity contribution is 6.35. The van der Waals surface area contributed by atoms with Crippen LogP contribution in [0.1, 0.15) is 16.7 Å². The molecule has 0 bridgehead atoms. The van der Waals surface area contributed by atoms with Crippen molar-refractivity contribution < 1.29 is 19.1 Å². The van der Waals surface area contributed by atoms with Gasteiger partial charge in [0.05, 0.1) is 7.11 Å². The molecule has 7 nitrogen and oxygen atoms in total. The molecule has 3 rings (SSSR count). The maximum atomic E-state index is 12.4. The van der Waals surface area contributed by atoms with Crippen LogP contribution in [0.2, 0.25) is 0 Å². The van der Waals surface area contributed by atoms with E-state index in [-0.39, 0.29) is 12.5 Å². The van der Waals surface area contributed by atoms with Crippen LogP contribution in [0, 0.1) is 6.92 Å². The van der Waals surface area contributed by atoms with Gasteiger partial charge < -0.3 is 19.9 Å². The Morgan fingerprint density at radius 2 is 1.52 bits per heavy atom. The lowest BCUT2D eigenvalue weighted by Gasteiger charge is -2.33. The molecule has 1 saturated heterocycles. The molecule has 1 heterocycles. The summed E-state index contributed by atoms with van der Waals surface area (Å²) in [4.78, 5) is 39.9. The van der Waals surface area contributed by atoms with Crippen molar-refractivity contribution in [2.45, 2.75) is 20.0 Å². The number of aryl methyl sites for hydroxylation is 1. The minimum absolute atomic E-state index is 0.126. The lowest BCUT2D eigenvalue weighted by Crippen LogP contribution is -2.55. The van der Waals surface area contributed by atoms with Gasteiger partial charge in [0.15, 0.2) is 0 Å². The Balaban J connectivity index is 1.49. The molecule has 152 valence electrons. The summed E-state index contributed by atoms with van der Waals surface area (Å²) in [5.41, 5.74) is 3.04. The van der Waals surface area contributed by atoms with Crippen molar-refractivity contribution in [1.82, 2.24) is 15.1 Å². The van der Waals surface area contributed by atoms with Crippen LogP contribution in [-0.4, -0.2) is 54.3 Å². The molecule has 0 unspecified atom stereocenters. The van der Waals surface area contributed by atoms with Gasteiger partial charge in [-0.15, -0.1) is 0 Å². The molecule has 0 aliphatic carbocycles. The van der Waals surface area contributed by atoms with E-state index >= 15 is 0 Å². The van der Waals surface area contributed by atoms with Crippen LogP contribution in [0.3, 0.4) is 0 Å². The first kappa shape index (κ1) is 20.4. The number of benzene rings is 2. The van der Waals surface area contributed by atoms with Crippen LogP contribution >= 0.6 is 0 Å². The molecule has 2 aromatic rings. The Hall–Kier alpha value is -3.35. The molecule has 29 heavy (non-hydrogen) atoms. The van der Waals surface area contributed by atoms with Crippen LogP contribution in [0.5, 0.6) is 5.75 Å². The van der Waals surface area contributed by atoms with Crippen molar-refractivity contribution in [2.75, 3.05) is 26.7 Å². The number of rotatable bonds is 7. The fraction of sp³-hybridized carbons (Fsp3) is 0.318. The van der Waals surface area contributed by atoms with E-state index in [0.29, 0.717) is 26.2 Å².